The lowest BCUT2D eigenvalue weighted by Crippen LogP contribution is -2.39. The minimum absolute atomic E-state index is 0.171. The molecular formula is C11H19NO2S. The van der Waals surface area contributed by atoms with Gasteiger partial charge in [-0.25, -0.2) is 0 Å². The molecule has 0 aromatic carbocycles. The lowest BCUT2D eigenvalue weighted by Gasteiger charge is -2.18. The zero-order valence-electron chi connectivity index (χ0n) is 9.27. The van der Waals surface area contributed by atoms with Crippen LogP contribution in [0.15, 0.2) is 22.8 Å². The Balaban J connectivity index is 2.17. The van der Waals surface area contributed by atoms with E-state index in [9.17, 15) is 0 Å². The fourth-order valence-corrected chi connectivity index (χ4v) is 2.29. The molecule has 0 aliphatic rings. The molecule has 4 heteroatoms. The van der Waals surface area contributed by atoms with Crippen LogP contribution in [-0.2, 0) is 5.75 Å². The highest BCUT2D eigenvalue weighted by Crippen LogP contribution is 2.13. The number of hydrogen-bond donors (Lipinski definition) is 2. The van der Waals surface area contributed by atoms with Crippen molar-refractivity contribution in [2.24, 2.45) is 0 Å². The molecule has 0 radical (unpaired) electrons. The lowest BCUT2D eigenvalue weighted by atomic mass is 10.3. The van der Waals surface area contributed by atoms with Gasteiger partial charge in [-0.2, -0.15) is 11.8 Å². The zero-order valence-corrected chi connectivity index (χ0v) is 10.1. The summed E-state index contributed by atoms with van der Waals surface area (Å²) in [5.41, 5.74) is 0. The zero-order chi connectivity index (χ0) is 11.1. The molecule has 0 bridgehead atoms. The molecule has 2 N–H and O–H groups in total. The summed E-state index contributed by atoms with van der Waals surface area (Å²) in [6, 6.07) is 4.44. The third-order valence-electron chi connectivity index (χ3n) is 1.93. The van der Waals surface area contributed by atoms with Gasteiger partial charge in [-0.15, -0.1) is 0 Å². The minimum Gasteiger partial charge on any atom is -0.468 e. The van der Waals surface area contributed by atoms with Crippen LogP contribution in [0.3, 0.4) is 0 Å². The van der Waals surface area contributed by atoms with Gasteiger partial charge in [0.1, 0.15) is 5.76 Å². The third-order valence-corrected chi connectivity index (χ3v) is 3.06. The average molecular weight is 229 g/mol. The van der Waals surface area contributed by atoms with Crippen molar-refractivity contribution in [2.45, 2.75) is 31.7 Å². The van der Waals surface area contributed by atoms with Crippen molar-refractivity contribution < 1.29 is 9.52 Å². The smallest absolute Gasteiger partial charge is 0.113 e. The number of furan rings is 1. The van der Waals surface area contributed by atoms with Gasteiger partial charge in [0.2, 0.25) is 0 Å². The van der Waals surface area contributed by atoms with Crippen LogP contribution in [0.5, 0.6) is 0 Å². The first-order chi connectivity index (χ1) is 7.22. The molecule has 0 spiro atoms. The van der Waals surface area contributed by atoms with Gasteiger partial charge < -0.3 is 14.8 Å². The second kappa shape index (κ2) is 6.93. The van der Waals surface area contributed by atoms with E-state index in [1.807, 2.05) is 12.1 Å². The fourth-order valence-electron chi connectivity index (χ4n) is 1.32. The molecule has 1 aromatic rings. The molecule has 86 valence electrons. The summed E-state index contributed by atoms with van der Waals surface area (Å²) in [6.07, 6.45) is 1.69. The number of thioether (sulfide) groups is 1. The molecule has 1 heterocycles. The molecule has 0 aliphatic heterocycles. The number of aliphatic hydroxyl groups excluding tert-OH is 1. The van der Waals surface area contributed by atoms with Crippen LogP contribution in [0.4, 0.5) is 0 Å². The van der Waals surface area contributed by atoms with E-state index in [4.69, 9.17) is 9.52 Å². The molecule has 1 rings (SSSR count). The summed E-state index contributed by atoms with van der Waals surface area (Å²) < 4.78 is 5.23. The Kier molecular flexibility index (Phi) is 5.83. The maximum absolute atomic E-state index is 9.13. The van der Waals surface area contributed by atoms with Crippen molar-refractivity contribution in [3.8, 4) is 0 Å². The normalized spacial score (nSPS) is 13.3. The summed E-state index contributed by atoms with van der Waals surface area (Å²) in [5.74, 6) is 2.75. The van der Waals surface area contributed by atoms with E-state index in [1.165, 1.54) is 0 Å². The van der Waals surface area contributed by atoms with Crippen LogP contribution in [0.1, 0.15) is 19.6 Å². The Morgan fingerprint density at radius 2 is 2.33 bits per heavy atom. The van der Waals surface area contributed by atoms with Gasteiger partial charge in [0.15, 0.2) is 0 Å². The van der Waals surface area contributed by atoms with Crippen LogP contribution < -0.4 is 5.32 Å². The van der Waals surface area contributed by atoms with Crippen LogP contribution >= 0.6 is 11.8 Å². The van der Waals surface area contributed by atoms with Crippen molar-refractivity contribution in [3.05, 3.63) is 24.2 Å². The topological polar surface area (TPSA) is 45.4 Å². The highest BCUT2D eigenvalue weighted by Gasteiger charge is 2.08. The Hall–Kier alpha value is -0.450. The van der Waals surface area contributed by atoms with Crippen LogP contribution in [0, 0.1) is 0 Å². The number of hydrogen-bond acceptors (Lipinski definition) is 4. The van der Waals surface area contributed by atoms with Crippen molar-refractivity contribution in [1.29, 1.82) is 0 Å². The maximum atomic E-state index is 9.13. The molecule has 0 saturated heterocycles. The SMILES string of the molecule is CC(C)NC(CO)CSCc1ccco1. The molecule has 3 nitrogen and oxygen atoms in total. The second-order valence-electron chi connectivity index (χ2n) is 3.80. The van der Waals surface area contributed by atoms with E-state index >= 15 is 0 Å². The standard InChI is InChI=1S/C11H19NO2S/c1-9(2)12-10(6-13)7-15-8-11-4-3-5-14-11/h3-5,9-10,12-13H,6-8H2,1-2H3. The largest absolute Gasteiger partial charge is 0.468 e. The number of aliphatic hydroxyl groups is 1. The molecule has 0 saturated carbocycles. The van der Waals surface area contributed by atoms with E-state index in [1.54, 1.807) is 18.0 Å². The first-order valence-corrected chi connectivity index (χ1v) is 6.35. The monoisotopic (exact) mass is 229 g/mol. The van der Waals surface area contributed by atoms with E-state index in [0.717, 1.165) is 17.3 Å². The number of nitrogens with one attached hydrogen (secondary N) is 1. The van der Waals surface area contributed by atoms with Crippen LogP contribution in [0.25, 0.3) is 0 Å². The second-order valence-corrected chi connectivity index (χ2v) is 4.83. The molecule has 15 heavy (non-hydrogen) atoms. The van der Waals surface area contributed by atoms with Crippen molar-refractivity contribution in [1.82, 2.24) is 5.32 Å². The van der Waals surface area contributed by atoms with Gasteiger partial charge >= 0.3 is 0 Å². The molecular weight excluding hydrogens is 210 g/mol. The predicted octanol–water partition coefficient (Wildman–Crippen LogP) is 1.87. The van der Waals surface area contributed by atoms with Gasteiger partial charge in [-0.3, -0.25) is 0 Å². The van der Waals surface area contributed by atoms with Gasteiger partial charge in [0, 0.05) is 17.8 Å². The Morgan fingerprint density at radius 3 is 2.87 bits per heavy atom. The molecule has 1 atom stereocenters. The van der Waals surface area contributed by atoms with Crippen molar-refractivity contribution in [2.75, 3.05) is 12.4 Å². The molecule has 0 aliphatic carbocycles. The predicted molar refractivity (Wildman–Crippen MR) is 64.0 cm³/mol. The van der Waals surface area contributed by atoms with E-state index in [0.29, 0.717) is 6.04 Å². The first-order valence-electron chi connectivity index (χ1n) is 5.19. The summed E-state index contributed by atoms with van der Waals surface area (Å²) >= 11 is 1.77. The van der Waals surface area contributed by atoms with Crippen molar-refractivity contribution >= 4 is 11.8 Å². The summed E-state index contributed by atoms with van der Waals surface area (Å²) in [6.45, 7) is 4.35. The Labute approximate surface area is 95.2 Å². The van der Waals surface area contributed by atoms with Gasteiger partial charge in [-0.1, -0.05) is 13.8 Å². The maximum Gasteiger partial charge on any atom is 0.113 e. The average Bonchev–Trinajstić information content (AvgIpc) is 2.68. The van der Waals surface area contributed by atoms with Gasteiger partial charge in [0.05, 0.1) is 18.6 Å². The van der Waals surface area contributed by atoms with E-state index in [2.05, 4.69) is 19.2 Å². The molecule has 0 amide bonds. The van der Waals surface area contributed by atoms with E-state index < -0.39 is 0 Å². The third kappa shape index (κ3) is 5.25. The lowest BCUT2D eigenvalue weighted by molar-refractivity contribution is 0.247. The van der Waals surface area contributed by atoms with E-state index in [-0.39, 0.29) is 12.6 Å². The quantitative estimate of drug-likeness (QED) is 0.749. The van der Waals surface area contributed by atoms with Gasteiger partial charge in [0.25, 0.3) is 0 Å². The number of rotatable bonds is 7. The summed E-state index contributed by atoms with van der Waals surface area (Å²) in [5, 5.41) is 12.4. The summed E-state index contributed by atoms with van der Waals surface area (Å²) in [7, 11) is 0. The highest BCUT2D eigenvalue weighted by atomic mass is 32.2. The van der Waals surface area contributed by atoms with Crippen LogP contribution in [-0.4, -0.2) is 29.5 Å². The molecule has 1 aromatic heterocycles. The first kappa shape index (κ1) is 12.6. The molecule has 1 unspecified atom stereocenters. The Morgan fingerprint density at radius 1 is 1.53 bits per heavy atom. The molecule has 0 fully saturated rings. The highest BCUT2D eigenvalue weighted by molar-refractivity contribution is 7.98. The minimum atomic E-state index is 0.171. The van der Waals surface area contributed by atoms with Gasteiger partial charge in [-0.05, 0) is 12.1 Å². The van der Waals surface area contributed by atoms with Crippen molar-refractivity contribution in [3.63, 3.8) is 0 Å². The van der Waals surface area contributed by atoms with Crippen LogP contribution in [0.2, 0.25) is 0 Å². The Bertz CT molecular complexity index is 249. The summed E-state index contributed by atoms with van der Waals surface area (Å²) in [4.78, 5) is 0. The fraction of sp³-hybridized carbons (Fsp3) is 0.636.